The zero-order valence-electron chi connectivity index (χ0n) is 11.6. The second-order valence-electron chi connectivity index (χ2n) is 4.45. The number of hydrogen-bond acceptors (Lipinski definition) is 5. The fourth-order valence-corrected chi connectivity index (χ4v) is 4.10. The van der Waals surface area contributed by atoms with Crippen molar-refractivity contribution >= 4 is 26.5 Å². The molecule has 0 radical (unpaired) electrons. The molecule has 0 aliphatic carbocycles. The highest BCUT2D eigenvalue weighted by Crippen LogP contribution is 2.24. The second kappa shape index (κ2) is 5.90. The first-order valence-corrected chi connectivity index (χ1v) is 8.42. The lowest BCUT2D eigenvalue weighted by Gasteiger charge is -2.12. The van der Waals surface area contributed by atoms with Gasteiger partial charge in [0.2, 0.25) is 0 Å². The monoisotopic (exact) mass is 311 g/mol. The van der Waals surface area contributed by atoms with Gasteiger partial charge in [0.1, 0.15) is 0 Å². The Bertz CT molecular complexity index is 708. The van der Waals surface area contributed by atoms with E-state index in [0.29, 0.717) is 11.7 Å². The Hall–Kier alpha value is -1.44. The van der Waals surface area contributed by atoms with Crippen LogP contribution in [0, 0.1) is 13.8 Å². The van der Waals surface area contributed by atoms with Gasteiger partial charge in [-0.05, 0) is 38.1 Å². The Balaban J connectivity index is 2.36. The molecule has 0 unspecified atom stereocenters. The van der Waals surface area contributed by atoms with Crippen LogP contribution in [-0.4, -0.2) is 20.4 Å². The van der Waals surface area contributed by atoms with E-state index in [1.165, 1.54) is 11.3 Å². The SMILES string of the molecule is CNCc1cccc(S(=O)(=O)Nc2ncc(C)s2)c1C. The molecule has 2 N–H and O–H groups in total. The maximum atomic E-state index is 12.4. The highest BCUT2D eigenvalue weighted by Gasteiger charge is 2.19. The molecule has 0 amide bonds. The molecule has 7 heteroatoms. The van der Waals surface area contributed by atoms with Crippen LogP contribution in [0.3, 0.4) is 0 Å². The minimum absolute atomic E-state index is 0.290. The quantitative estimate of drug-likeness (QED) is 0.888. The van der Waals surface area contributed by atoms with Gasteiger partial charge in [-0.15, -0.1) is 11.3 Å². The van der Waals surface area contributed by atoms with E-state index in [9.17, 15) is 8.42 Å². The molecular formula is C13H17N3O2S2. The smallest absolute Gasteiger partial charge is 0.263 e. The number of thiazole rings is 1. The predicted molar refractivity (Wildman–Crippen MR) is 81.6 cm³/mol. The van der Waals surface area contributed by atoms with Crippen molar-refractivity contribution in [2.24, 2.45) is 0 Å². The third-order valence-electron chi connectivity index (χ3n) is 2.90. The summed E-state index contributed by atoms with van der Waals surface area (Å²) >= 11 is 1.32. The first-order valence-electron chi connectivity index (χ1n) is 6.12. The minimum atomic E-state index is -3.60. The molecule has 108 valence electrons. The molecule has 0 aliphatic heterocycles. The van der Waals surface area contributed by atoms with Gasteiger partial charge in [-0.1, -0.05) is 12.1 Å². The van der Waals surface area contributed by atoms with Crippen molar-refractivity contribution in [3.8, 4) is 0 Å². The Morgan fingerprint density at radius 3 is 2.65 bits per heavy atom. The van der Waals surface area contributed by atoms with Crippen molar-refractivity contribution in [1.82, 2.24) is 10.3 Å². The Labute approximate surface area is 123 Å². The molecule has 0 spiro atoms. The van der Waals surface area contributed by atoms with Crippen molar-refractivity contribution in [1.29, 1.82) is 0 Å². The van der Waals surface area contributed by atoms with E-state index in [-0.39, 0.29) is 4.90 Å². The maximum absolute atomic E-state index is 12.4. The van der Waals surface area contributed by atoms with Crippen LogP contribution in [0.4, 0.5) is 5.13 Å². The zero-order chi connectivity index (χ0) is 14.8. The van der Waals surface area contributed by atoms with Gasteiger partial charge in [0, 0.05) is 17.6 Å². The average Bonchev–Trinajstić information content (AvgIpc) is 2.76. The number of rotatable bonds is 5. The molecule has 0 fully saturated rings. The number of sulfonamides is 1. The molecule has 5 nitrogen and oxygen atoms in total. The molecule has 2 aromatic rings. The highest BCUT2D eigenvalue weighted by atomic mass is 32.2. The van der Waals surface area contributed by atoms with Crippen molar-refractivity contribution in [2.75, 3.05) is 11.8 Å². The van der Waals surface area contributed by atoms with Crippen molar-refractivity contribution in [3.05, 3.63) is 40.4 Å². The molecule has 0 aliphatic rings. The zero-order valence-corrected chi connectivity index (χ0v) is 13.2. The summed E-state index contributed by atoms with van der Waals surface area (Å²) in [6, 6.07) is 5.27. The molecule has 2 rings (SSSR count). The van der Waals surface area contributed by atoms with Crippen molar-refractivity contribution < 1.29 is 8.42 Å². The van der Waals surface area contributed by atoms with Crippen LogP contribution in [-0.2, 0) is 16.6 Å². The number of nitrogens with zero attached hydrogens (tertiary/aromatic N) is 1. The number of aryl methyl sites for hydroxylation is 1. The average molecular weight is 311 g/mol. The Morgan fingerprint density at radius 1 is 1.30 bits per heavy atom. The van der Waals surface area contributed by atoms with Gasteiger partial charge < -0.3 is 5.32 Å². The lowest BCUT2D eigenvalue weighted by atomic mass is 10.1. The molecular weight excluding hydrogens is 294 g/mol. The van der Waals surface area contributed by atoms with Crippen LogP contribution in [0.15, 0.2) is 29.3 Å². The summed E-state index contributed by atoms with van der Waals surface area (Å²) in [7, 11) is -1.77. The van der Waals surface area contributed by atoms with E-state index < -0.39 is 10.0 Å². The van der Waals surface area contributed by atoms with Crippen molar-refractivity contribution in [2.45, 2.75) is 25.3 Å². The molecule has 20 heavy (non-hydrogen) atoms. The van der Waals surface area contributed by atoms with Crippen LogP contribution in [0.1, 0.15) is 16.0 Å². The maximum Gasteiger partial charge on any atom is 0.263 e. The first kappa shape index (κ1) is 15.0. The molecule has 1 heterocycles. The molecule has 0 saturated heterocycles. The summed E-state index contributed by atoms with van der Waals surface area (Å²) in [5.41, 5.74) is 1.72. The molecule has 0 saturated carbocycles. The molecule has 1 aromatic carbocycles. The van der Waals surface area contributed by atoms with E-state index in [1.54, 1.807) is 18.3 Å². The van der Waals surface area contributed by atoms with Gasteiger partial charge >= 0.3 is 0 Å². The third kappa shape index (κ3) is 3.17. The fraction of sp³-hybridized carbons (Fsp3) is 0.308. The minimum Gasteiger partial charge on any atom is -0.316 e. The van der Waals surface area contributed by atoms with Gasteiger partial charge in [0.25, 0.3) is 10.0 Å². The van der Waals surface area contributed by atoms with Crippen LogP contribution in [0.2, 0.25) is 0 Å². The fourth-order valence-electron chi connectivity index (χ4n) is 1.90. The van der Waals surface area contributed by atoms with E-state index in [1.807, 2.05) is 27.0 Å². The summed E-state index contributed by atoms with van der Waals surface area (Å²) in [5, 5.41) is 3.42. The first-order chi connectivity index (χ1) is 9.44. The highest BCUT2D eigenvalue weighted by molar-refractivity contribution is 7.93. The van der Waals surface area contributed by atoms with Crippen LogP contribution >= 0.6 is 11.3 Å². The molecule has 0 bridgehead atoms. The third-order valence-corrected chi connectivity index (χ3v) is 5.34. The number of aromatic nitrogens is 1. The lowest BCUT2D eigenvalue weighted by molar-refractivity contribution is 0.600. The lowest BCUT2D eigenvalue weighted by Crippen LogP contribution is -2.16. The Kier molecular flexibility index (Phi) is 4.42. The summed E-state index contributed by atoms with van der Waals surface area (Å²) in [6.07, 6.45) is 1.65. The summed E-state index contributed by atoms with van der Waals surface area (Å²) in [5.74, 6) is 0. The van der Waals surface area contributed by atoms with Crippen LogP contribution in [0.5, 0.6) is 0 Å². The topological polar surface area (TPSA) is 71.1 Å². The number of anilines is 1. The van der Waals surface area contributed by atoms with Gasteiger partial charge in [0.05, 0.1) is 4.90 Å². The van der Waals surface area contributed by atoms with Crippen LogP contribution < -0.4 is 10.0 Å². The number of benzene rings is 1. The predicted octanol–water partition coefficient (Wildman–Crippen LogP) is 2.28. The van der Waals surface area contributed by atoms with Gasteiger partial charge in [-0.2, -0.15) is 0 Å². The normalized spacial score (nSPS) is 11.6. The largest absolute Gasteiger partial charge is 0.316 e. The molecule has 0 atom stereocenters. The van der Waals surface area contributed by atoms with Gasteiger partial charge in [-0.25, -0.2) is 13.4 Å². The summed E-state index contributed by atoms with van der Waals surface area (Å²) in [4.78, 5) is 5.28. The van der Waals surface area contributed by atoms with Gasteiger partial charge in [-0.3, -0.25) is 4.72 Å². The number of nitrogens with one attached hydrogen (secondary N) is 2. The van der Waals surface area contributed by atoms with E-state index in [0.717, 1.165) is 16.0 Å². The second-order valence-corrected chi connectivity index (χ2v) is 7.34. The number of hydrogen-bond donors (Lipinski definition) is 2. The van der Waals surface area contributed by atoms with E-state index in [4.69, 9.17) is 0 Å². The Morgan fingerprint density at radius 2 is 2.05 bits per heavy atom. The van der Waals surface area contributed by atoms with E-state index in [2.05, 4.69) is 15.0 Å². The summed E-state index contributed by atoms with van der Waals surface area (Å²) in [6.45, 7) is 4.33. The molecule has 1 aromatic heterocycles. The standard InChI is InChI=1S/C13H17N3O2S2/c1-9-7-15-13(19-9)16-20(17,18)12-6-4-5-11(8-14-3)10(12)2/h4-7,14H,8H2,1-3H3,(H,15,16). The summed E-state index contributed by atoms with van der Waals surface area (Å²) < 4.78 is 27.4. The van der Waals surface area contributed by atoms with Crippen molar-refractivity contribution in [3.63, 3.8) is 0 Å². The van der Waals surface area contributed by atoms with Crippen LogP contribution in [0.25, 0.3) is 0 Å². The van der Waals surface area contributed by atoms with Gasteiger partial charge in [0.15, 0.2) is 5.13 Å². The van der Waals surface area contributed by atoms with E-state index >= 15 is 0 Å².